The summed E-state index contributed by atoms with van der Waals surface area (Å²) >= 11 is 0. The summed E-state index contributed by atoms with van der Waals surface area (Å²) in [6, 6.07) is 4.85. The molecular weight excluding hydrogens is 222 g/mol. The first-order valence-corrected chi connectivity index (χ1v) is 7.14. The van der Waals surface area contributed by atoms with Crippen LogP contribution in [0.15, 0.2) is 24.5 Å². The van der Waals surface area contributed by atoms with Gasteiger partial charge in [0.05, 0.1) is 0 Å². The number of hydrogen-bond donors (Lipinski definition) is 1. The van der Waals surface area contributed by atoms with Crippen LogP contribution in [0.25, 0.3) is 0 Å². The van der Waals surface area contributed by atoms with E-state index in [4.69, 9.17) is 0 Å². The third-order valence-electron chi connectivity index (χ3n) is 3.99. The van der Waals surface area contributed by atoms with Crippen LogP contribution in [0.2, 0.25) is 0 Å². The number of aromatic nitrogens is 1. The fourth-order valence-electron chi connectivity index (χ4n) is 2.85. The van der Waals surface area contributed by atoms with Gasteiger partial charge in [0.1, 0.15) is 0 Å². The van der Waals surface area contributed by atoms with Gasteiger partial charge in [0.2, 0.25) is 0 Å². The quantitative estimate of drug-likeness (QED) is 0.865. The Morgan fingerprint density at radius 3 is 2.83 bits per heavy atom. The Hall–Kier alpha value is -0.930. The molecule has 1 unspecified atom stereocenters. The van der Waals surface area contributed by atoms with Gasteiger partial charge in [-0.2, -0.15) is 0 Å². The predicted molar refractivity (Wildman–Crippen MR) is 75.4 cm³/mol. The van der Waals surface area contributed by atoms with E-state index in [1.54, 1.807) is 0 Å². The van der Waals surface area contributed by atoms with E-state index in [2.05, 4.69) is 35.1 Å². The molecule has 1 aliphatic rings. The Kier molecular flexibility index (Phi) is 5.14. The molecule has 3 nitrogen and oxygen atoms in total. The second-order valence-electron chi connectivity index (χ2n) is 5.32. The molecule has 0 aromatic carbocycles. The maximum atomic E-state index is 4.18. The van der Waals surface area contributed by atoms with Crippen LogP contribution >= 0.6 is 0 Å². The van der Waals surface area contributed by atoms with Crippen LogP contribution in [0.5, 0.6) is 0 Å². The van der Waals surface area contributed by atoms with Gasteiger partial charge in [-0.25, -0.2) is 0 Å². The molecule has 1 atom stereocenters. The highest BCUT2D eigenvalue weighted by Gasteiger charge is 2.23. The normalized spacial score (nSPS) is 19.9. The van der Waals surface area contributed by atoms with Crippen molar-refractivity contribution in [1.29, 1.82) is 0 Å². The van der Waals surface area contributed by atoms with E-state index in [1.165, 1.54) is 31.5 Å². The van der Waals surface area contributed by atoms with Crippen molar-refractivity contribution in [2.75, 3.05) is 19.6 Å². The average Bonchev–Trinajstić information content (AvgIpc) is 2.41. The highest BCUT2D eigenvalue weighted by atomic mass is 15.1. The summed E-state index contributed by atoms with van der Waals surface area (Å²) in [5, 5.41) is 3.55. The van der Waals surface area contributed by atoms with Crippen LogP contribution in [0, 0.1) is 5.92 Å². The summed E-state index contributed by atoms with van der Waals surface area (Å²) in [5.41, 5.74) is 1.33. The Morgan fingerprint density at radius 2 is 2.22 bits per heavy atom. The molecule has 1 fully saturated rings. The number of piperidine rings is 1. The molecule has 0 radical (unpaired) electrons. The fraction of sp³-hybridized carbons (Fsp3) is 0.667. The molecular formula is C15H25N3. The molecule has 1 aromatic heterocycles. The van der Waals surface area contributed by atoms with Crippen molar-refractivity contribution in [3.8, 4) is 0 Å². The van der Waals surface area contributed by atoms with Gasteiger partial charge in [-0.05, 0) is 56.9 Å². The summed E-state index contributed by atoms with van der Waals surface area (Å²) in [6.07, 6.45) is 6.45. The minimum atomic E-state index is 0.663. The molecule has 2 heterocycles. The first-order chi connectivity index (χ1) is 8.79. The molecule has 18 heavy (non-hydrogen) atoms. The maximum absolute atomic E-state index is 4.18. The van der Waals surface area contributed by atoms with Crippen LogP contribution in [0.1, 0.15) is 32.3 Å². The van der Waals surface area contributed by atoms with Gasteiger partial charge in [-0.3, -0.25) is 9.88 Å². The lowest BCUT2D eigenvalue weighted by Gasteiger charge is -2.35. The summed E-state index contributed by atoms with van der Waals surface area (Å²) in [5.74, 6) is 0.843. The molecule has 100 valence electrons. The molecule has 1 saturated heterocycles. The van der Waals surface area contributed by atoms with E-state index >= 15 is 0 Å². The fourth-order valence-corrected chi connectivity index (χ4v) is 2.85. The second-order valence-corrected chi connectivity index (χ2v) is 5.32. The molecule has 0 amide bonds. The van der Waals surface area contributed by atoms with E-state index in [0.717, 1.165) is 19.0 Å². The maximum Gasteiger partial charge on any atom is 0.0312 e. The lowest BCUT2D eigenvalue weighted by Crippen LogP contribution is -2.41. The van der Waals surface area contributed by atoms with Crippen molar-refractivity contribution >= 4 is 0 Å². The van der Waals surface area contributed by atoms with Crippen molar-refractivity contribution in [2.24, 2.45) is 5.92 Å². The van der Waals surface area contributed by atoms with Gasteiger partial charge in [-0.1, -0.05) is 13.0 Å². The number of pyridine rings is 1. The predicted octanol–water partition coefficient (Wildman–Crippen LogP) is 2.29. The van der Waals surface area contributed by atoms with Crippen LogP contribution in [-0.4, -0.2) is 35.6 Å². The van der Waals surface area contributed by atoms with Crippen LogP contribution in [-0.2, 0) is 6.54 Å². The zero-order valence-electron chi connectivity index (χ0n) is 11.6. The molecule has 3 heteroatoms. The highest BCUT2D eigenvalue weighted by Crippen LogP contribution is 2.21. The zero-order chi connectivity index (χ0) is 12.8. The molecule has 0 bridgehead atoms. The van der Waals surface area contributed by atoms with Gasteiger partial charge < -0.3 is 5.32 Å². The summed E-state index contributed by atoms with van der Waals surface area (Å²) < 4.78 is 0. The van der Waals surface area contributed by atoms with Gasteiger partial charge >= 0.3 is 0 Å². The minimum Gasteiger partial charge on any atom is -0.314 e. The van der Waals surface area contributed by atoms with E-state index < -0.39 is 0 Å². The smallest absolute Gasteiger partial charge is 0.0312 e. The minimum absolute atomic E-state index is 0.663. The van der Waals surface area contributed by atoms with Gasteiger partial charge in [0, 0.05) is 25.0 Å². The van der Waals surface area contributed by atoms with Crippen molar-refractivity contribution in [1.82, 2.24) is 15.2 Å². The molecule has 1 aliphatic heterocycles. The van der Waals surface area contributed by atoms with Gasteiger partial charge in [-0.15, -0.1) is 0 Å². The van der Waals surface area contributed by atoms with Crippen LogP contribution in [0.3, 0.4) is 0 Å². The first kappa shape index (κ1) is 13.5. The summed E-state index contributed by atoms with van der Waals surface area (Å²) in [7, 11) is 0. The van der Waals surface area contributed by atoms with Gasteiger partial charge in [0.15, 0.2) is 0 Å². The van der Waals surface area contributed by atoms with E-state index in [0.29, 0.717) is 6.04 Å². The highest BCUT2D eigenvalue weighted by molar-refractivity contribution is 5.08. The molecule has 0 aliphatic carbocycles. The summed E-state index contributed by atoms with van der Waals surface area (Å²) in [4.78, 5) is 6.73. The Labute approximate surface area is 111 Å². The topological polar surface area (TPSA) is 28.2 Å². The van der Waals surface area contributed by atoms with Crippen molar-refractivity contribution in [3.63, 3.8) is 0 Å². The molecule has 0 saturated carbocycles. The number of nitrogens with one attached hydrogen (secondary N) is 1. The van der Waals surface area contributed by atoms with Crippen LogP contribution < -0.4 is 5.32 Å². The summed E-state index contributed by atoms with van der Waals surface area (Å²) in [6.45, 7) is 9.08. The standard InChI is InChI=1S/C15H25N3/c1-3-17-13(2)15-6-9-18(10-7-15)12-14-5-4-8-16-11-14/h4-5,8,11,13,15,17H,3,6-7,9-10,12H2,1-2H3. The van der Waals surface area contributed by atoms with Crippen molar-refractivity contribution < 1.29 is 0 Å². The number of likely N-dealkylation sites (tertiary alicyclic amines) is 1. The third-order valence-corrected chi connectivity index (χ3v) is 3.99. The largest absolute Gasteiger partial charge is 0.314 e. The molecule has 2 rings (SSSR count). The molecule has 0 spiro atoms. The molecule has 1 aromatic rings. The monoisotopic (exact) mass is 247 g/mol. The lowest BCUT2D eigenvalue weighted by atomic mass is 9.90. The second kappa shape index (κ2) is 6.86. The first-order valence-electron chi connectivity index (χ1n) is 7.14. The SMILES string of the molecule is CCNC(C)C1CCN(Cc2cccnc2)CC1. The Morgan fingerprint density at radius 1 is 1.44 bits per heavy atom. The molecule has 1 N–H and O–H groups in total. The van der Waals surface area contributed by atoms with E-state index in [-0.39, 0.29) is 0 Å². The lowest BCUT2D eigenvalue weighted by molar-refractivity contribution is 0.157. The van der Waals surface area contributed by atoms with Crippen molar-refractivity contribution in [2.45, 2.75) is 39.3 Å². The number of rotatable bonds is 5. The zero-order valence-corrected chi connectivity index (χ0v) is 11.6. The van der Waals surface area contributed by atoms with Crippen LogP contribution in [0.4, 0.5) is 0 Å². The third kappa shape index (κ3) is 3.79. The van der Waals surface area contributed by atoms with E-state index in [9.17, 15) is 0 Å². The Bertz CT molecular complexity index is 331. The Balaban J connectivity index is 1.77. The van der Waals surface area contributed by atoms with Crippen molar-refractivity contribution in [3.05, 3.63) is 30.1 Å². The number of hydrogen-bond acceptors (Lipinski definition) is 3. The number of nitrogens with zero attached hydrogens (tertiary/aromatic N) is 2. The van der Waals surface area contributed by atoms with E-state index in [1.807, 2.05) is 18.5 Å². The van der Waals surface area contributed by atoms with Gasteiger partial charge in [0.25, 0.3) is 0 Å². The average molecular weight is 247 g/mol.